The lowest BCUT2D eigenvalue weighted by molar-refractivity contribution is -0.133. The molecule has 1 aliphatic rings. The zero-order valence-corrected chi connectivity index (χ0v) is 13.8. The number of amides is 3. The monoisotopic (exact) mass is 338 g/mol. The van der Waals surface area contributed by atoms with Crippen molar-refractivity contribution in [2.24, 2.45) is 5.73 Å². The van der Waals surface area contributed by atoms with Gasteiger partial charge in [-0.3, -0.25) is 19.3 Å². The summed E-state index contributed by atoms with van der Waals surface area (Å²) in [6.07, 6.45) is 1.04. The molecule has 1 fully saturated rings. The highest BCUT2D eigenvalue weighted by atomic mass is 32.1. The summed E-state index contributed by atoms with van der Waals surface area (Å²) < 4.78 is 0. The second-order valence-corrected chi connectivity index (χ2v) is 6.41. The first-order valence-corrected chi connectivity index (χ1v) is 8.54. The summed E-state index contributed by atoms with van der Waals surface area (Å²) in [5.74, 6) is -0.340. The molecule has 0 atom stereocenters. The van der Waals surface area contributed by atoms with Crippen LogP contribution in [0.4, 0.5) is 0 Å². The van der Waals surface area contributed by atoms with Gasteiger partial charge in [0.05, 0.1) is 11.4 Å². The molecule has 0 radical (unpaired) electrons. The second kappa shape index (κ2) is 8.64. The minimum absolute atomic E-state index is 0.0903. The molecule has 0 spiro atoms. The molecule has 2 rings (SSSR count). The van der Waals surface area contributed by atoms with Crippen molar-refractivity contribution in [2.45, 2.75) is 12.8 Å². The number of hydrogen-bond acceptors (Lipinski definition) is 5. The Balaban J connectivity index is 1.60. The van der Waals surface area contributed by atoms with Crippen LogP contribution in [0.3, 0.4) is 0 Å². The summed E-state index contributed by atoms with van der Waals surface area (Å²) in [6, 6.07) is 3.61. The van der Waals surface area contributed by atoms with E-state index in [4.69, 9.17) is 5.73 Å². The van der Waals surface area contributed by atoms with E-state index in [1.165, 1.54) is 11.3 Å². The normalized spacial score (nSPS) is 15.4. The molecule has 1 aromatic rings. The van der Waals surface area contributed by atoms with Crippen molar-refractivity contribution in [1.82, 2.24) is 15.1 Å². The third kappa shape index (κ3) is 5.65. The van der Waals surface area contributed by atoms with Crippen LogP contribution >= 0.6 is 11.3 Å². The van der Waals surface area contributed by atoms with Gasteiger partial charge in [0, 0.05) is 39.1 Å². The van der Waals surface area contributed by atoms with Crippen LogP contribution in [-0.2, 0) is 9.59 Å². The number of nitrogens with two attached hydrogens (primary N) is 1. The third-order valence-corrected chi connectivity index (χ3v) is 4.57. The highest BCUT2D eigenvalue weighted by Crippen LogP contribution is 2.08. The molecule has 23 heavy (non-hydrogen) atoms. The van der Waals surface area contributed by atoms with Gasteiger partial charge in [0.25, 0.3) is 5.91 Å². The lowest BCUT2D eigenvalue weighted by Crippen LogP contribution is -2.50. The summed E-state index contributed by atoms with van der Waals surface area (Å²) in [4.78, 5) is 39.1. The average Bonchev–Trinajstić information content (AvgIpc) is 3.05. The predicted octanol–water partition coefficient (Wildman–Crippen LogP) is -0.112. The van der Waals surface area contributed by atoms with E-state index in [9.17, 15) is 14.4 Å². The summed E-state index contributed by atoms with van der Waals surface area (Å²) in [5, 5.41) is 4.67. The lowest BCUT2D eigenvalue weighted by Gasteiger charge is -2.34. The number of nitrogens with zero attached hydrogens (tertiary/aromatic N) is 2. The Labute approximate surface area is 139 Å². The molecule has 3 N–H and O–H groups in total. The van der Waals surface area contributed by atoms with E-state index < -0.39 is 0 Å². The Bertz CT molecular complexity index is 539. The van der Waals surface area contributed by atoms with E-state index in [0.717, 1.165) is 0 Å². The Morgan fingerprint density at radius 3 is 2.57 bits per heavy atom. The highest BCUT2D eigenvalue weighted by Gasteiger charge is 2.21. The van der Waals surface area contributed by atoms with Crippen LogP contribution in [0, 0.1) is 0 Å². The minimum Gasteiger partial charge on any atom is -0.369 e. The van der Waals surface area contributed by atoms with Gasteiger partial charge in [-0.2, -0.15) is 0 Å². The number of rotatable bonds is 7. The molecule has 1 saturated heterocycles. The first kappa shape index (κ1) is 17.4. The Hall–Kier alpha value is -1.93. The van der Waals surface area contributed by atoms with Gasteiger partial charge in [0.15, 0.2) is 0 Å². The largest absolute Gasteiger partial charge is 0.369 e. The molecule has 0 bridgehead atoms. The fraction of sp³-hybridized carbons (Fsp3) is 0.533. The van der Waals surface area contributed by atoms with Gasteiger partial charge >= 0.3 is 0 Å². The van der Waals surface area contributed by atoms with Gasteiger partial charge in [0.1, 0.15) is 0 Å². The van der Waals surface area contributed by atoms with E-state index in [1.54, 1.807) is 11.0 Å². The molecule has 0 aromatic carbocycles. The summed E-state index contributed by atoms with van der Waals surface area (Å²) in [5.41, 5.74) is 5.16. The summed E-state index contributed by atoms with van der Waals surface area (Å²) in [6.45, 7) is 3.32. The van der Waals surface area contributed by atoms with Crippen LogP contribution < -0.4 is 11.1 Å². The first-order valence-electron chi connectivity index (χ1n) is 7.66. The van der Waals surface area contributed by atoms with Crippen LogP contribution in [0.2, 0.25) is 0 Å². The van der Waals surface area contributed by atoms with Gasteiger partial charge in [-0.1, -0.05) is 6.07 Å². The highest BCUT2D eigenvalue weighted by molar-refractivity contribution is 7.12. The van der Waals surface area contributed by atoms with Crippen molar-refractivity contribution in [3.05, 3.63) is 22.4 Å². The van der Waals surface area contributed by atoms with Crippen LogP contribution in [0.1, 0.15) is 22.5 Å². The van der Waals surface area contributed by atoms with Crippen molar-refractivity contribution in [3.8, 4) is 0 Å². The third-order valence-electron chi connectivity index (χ3n) is 3.70. The number of nitrogens with one attached hydrogen (secondary N) is 1. The van der Waals surface area contributed by atoms with Crippen LogP contribution in [-0.4, -0.2) is 66.8 Å². The molecule has 8 heteroatoms. The molecule has 0 saturated carbocycles. The average molecular weight is 338 g/mol. The van der Waals surface area contributed by atoms with Gasteiger partial charge in [-0.25, -0.2) is 0 Å². The Morgan fingerprint density at radius 2 is 1.96 bits per heavy atom. The van der Waals surface area contributed by atoms with Crippen molar-refractivity contribution in [1.29, 1.82) is 0 Å². The van der Waals surface area contributed by atoms with E-state index in [2.05, 4.69) is 5.32 Å². The molecule has 7 nitrogen and oxygen atoms in total. The zero-order chi connectivity index (χ0) is 16.7. The maximum absolute atomic E-state index is 12.1. The molecule has 1 aliphatic heterocycles. The minimum atomic E-state index is -0.341. The van der Waals surface area contributed by atoms with E-state index in [-0.39, 0.29) is 24.3 Å². The quantitative estimate of drug-likeness (QED) is 0.678. The molecule has 0 unspecified atom stereocenters. The van der Waals surface area contributed by atoms with E-state index in [1.807, 2.05) is 16.3 Å². The van der Waals surface area contributed by atoms with Crippen molar-refractivity contribution in [3.63, 3.8) is 0 Å². The van der Waals surface area contributed by atoms with E-state index in [0.29, 0.717) is 50.4 Å². The second-order valence-electron chi connectivity index (χ2n) is 5.46. The van der Waals surface area contributed by atoms with Crippen LogP contribution in [0.5, 0.6) is 0 Å². The molecule has 0 aliphatic carbocycles. The maximum Gasteiger partial charge on any atom is 0.261 e. The molecular weight excluding hydrogens is 316 g/mol. The smallest absolute Gasteiger partial charge is 0.261 e. The van der Waals surface area contributed by atoms with Gasteiger partial charge < -0.3 is 16.0 Å². The topological polar surface area (TPSA) is 95.7 Å². The zero-order valence-electron chi connectivity index (χ0n) is 13.0. The fourth-order valence-corrected chi connectivity index (χ4v) is 3.11. The summed E-state index contributed by atoms with van der Waals surface area (Å²) in [7, 11) is 0. The van der Waals surface area contributed by atoms with Gasteiger partial charge in [-0.05, 0) is 17.9 Å². The van der Waals surface area contributed by atoms with Crippen LogP contribution in [0.25, 0.3) is 0 Å². The van der Waals surface area contributed by atoms with Crippen molar-refractivity contribution in [2.75, 3.05) is 39.3 Å². The molecule has 3 amide bonds. The standard InChI is InChI=1S/C15H22N4O3S/c16-13(20)11-18-6-8-19(9-7-18)14(21)4-1-5-17-15(22)12-3-2-10-23-12/h2-3,10H,1,4-9,11H2,(H2,16,20)(H,17,22). The Kier molecular flexibility index (Phi) is 6.54. The molecule has 1 aromatic heterocycles. The molecule has 126 valence electrons. The molecular formula is C15H22N4O3S. The molecule has 2 heterocycles. The number of hydrogen-bond donors (Lipinski definition) is 2. The van der Waals surface area contributed by atoms with Crippen molar-refractivity contribution >= 4 is 29.1 Å². The van der Waals surface area contributed by atoms with Gasteiger partial charge in [0.2, 0.25) is 11.8 Å². The lowest BCUT2D eigenvalue weighted by atomic mass is 10.2. The number of carbonyl (C=O) groups is 3. The number of piperazine rings is 1. The predicted molar refractivity (Wildman–Crippen MR) is 88.1 cm³/mol. The number of primary amides is 1. The van der Waals surface area contributed by atoms with Crippen molar-refractivity contribution < 1.29 is 14.4 Å². The summed E-state index contributed by atoms with van der Waals surface area (Å²) >= 11 is 1.40. The van der Waals surface area contributed by atoms with Gasteiger partial charge in [-0.15, -0.1) is 11.3 Å². The number of carbonyl (C=O) groups excluding carboxylic acids is 3. The maximum atomic E-state index is 12.1. The fourth-order valence-electron chi connectivity index (χ4n) is 2.47. The SMILES string of the molecule is NC(=O)CN1CCN(C(=O)CCCNC(=O)c2cccs2)CC1. The van der Waals surface area contributed by atoms with E-state index >= 15 is 0 Å². The Morgan fingerprint density at radius 1 is 1.22 bits per heavy atom. The number of thiophene rings is 1. The first-order chi connectivity index (χ1) is 11.1. The van der Waals surface area contributed by atoms with Crippen LogP contribution in [0.15, 0.2) is 17.5 Å².